The number of halogens is 1. The molecule has 0 amide bonds. The third-order valence-corrected chi connectivity index (χ3v) is 5.48. The van der Waals surface area contributed by atoms with E-state index in [-0.39, 0.29) is 4.90 Å². The fourth-order valence-electron chi connectivity index (χ4n) is 2.95. The van der Waals surface area contributed by atoms with Crippen LogP contribution in [-0.4, -0.2) is 15.0 Å². The molecule has 0 N–H and O–H groups in total. The van der Waals surface area contributed by atoms with Crippen molar-refractivity contribution in [1.82, 2.24) is 0 Å². The summed E-state index contributed by atoms with van der Waals surface area (Å²) < 4.78 is 28.9. The first kappa shape index (κ1) is 15.6. The molecule has 112 valence electrons. The first-order valence-corrected chi connectivity index (χ1v) is 9.37. The van der Waals surface area contributed by atoms with Gasteiger partial charge in [0.05, 0.1) is 11.5 Å². The molecule has 0 bridgehead atoms. The molecule has 1 aliphatic rings. The van der Waals surface area contributed by atoms with Gasteiger partial charge in [-0.25, -0.2) is 8.42 Å². The Bertz CT molecular complexity index is 552. The van der Waals surface area contributed by atoms with Crippen LogP contribution in [0.3, 0.4) is 0 Å². The molecule has 1 saturated carbocycles. The fourth-order valence-corrected chi connectivity index (χ4v) is 4.56. The number of aryl methyl sites for hydroxylation is 2. The van der Waals surface area contributed by atoms with Gasteiger partial charge < -0.3 is 4.74 Å². The van der Waals surface area contributed by atoms with Crippen LogP contribution in [0.1, 0.15) is 43.2 Å². The smallest absolute Gasteiger partial charge is 0.261 e. The summed E-state index contributed by atoms with van der Waals surface area (Å²) in [5, 5.41) is 0. The van der Waals surface area contributed by atoms with Gasteiger partial charge in [0.1, 0.15) is 5.75 Å². The van der Waals surface area contributed by atoms with E-state index >= 15 is 0 Å². The van der Waals surface area contributed by atoms with Crippen molar-refractivity contribution in [2.45, 2.75) is 50.8 Å². The van der Waals surface area contributed by atoms with Gasteiger partial charge in [-0.2, -0.15) is 0 Å². The normalized spacial score (nSPS) is 17.1. The predicted octanol–water partition coefficient (Wildman–Crippen LogP) is 4.19. The maximum absolute atomic E-state index is 11.5. The second-order valence-electron chi connectivity index (χ2n) is 5.64. The van der Waals surface area contributed by atoms with Crippen molar-refractivity contribution in [3.8, 4) is 5.75 Å². The minimum absolute atomic E-state index is 0.198. The summed E-state index contributed by atoms with van der Waals surface area (Å²) in [5.41, 5.74) is 1.28. The predicted molar refractivity (Wildman–Crippen MR) is 81.0 cm³/mol. The molecule has 0 radical (unpaired) electrons. The average Bonchev–Trinajstić information content (AvgIpc) is 2.35. The van der Waals surface area contributed by atoms with Crippen LogP contribution >= 0.6 is 10.7 Å². The zero-order valence-corrected chi connectivity index (χ0v) is 13.6. The van der Waals surface area contributed by atoms with Crippen LogP contribution in [-0.2, 0) is 9.05 Å². The molecule has 0 spiro atoms. The van der Waals surface area contributed by atoms with Crippen molar-refractivity contribution in [3.63, 3.8) is 0 Å². The molecule has 0 saturated heterocycles. The van der Waals surface area contributed by atoms with Crippen molar-refractivity contribution in [1.29, 1.82) is 0 Å². The molecule has 0 aromatic heterocycles. The summed E-state index contributed by atoms with van der Waals surface area (Å²) in [7, 11) is 1.75. The molecule has 0 atom stereocenters. The minimum Gasteiger partial charge on any atom is -0.493 e. The van der Waals surface area contributed by atoms with Gasteiger partial charge in [0, 0.05) is 10.7 Å². The van der Waals surface area contributed by atoms with Crippen molar-refractivity contribution in [2.75, 3.05) is 6.61 Å². The summed E-state index contributed by atoms with van der Waals surface area (Å²) in [4.78, 5) is 0.198. The zero-order valence-electron chi connectivity index (χ0n) is 12.0. The highest BCUT2D eigenvalue weighted by molar-refractivity contribution is 8.13. The van der Waals surface area contributed by atoms with Gasteiger partial charge in [0.15, 0.2) is 0 Å². The van der Waals surface area contributed by atoms with Gasteiger partial charge in [-0.05, 0) is 55.9 Å². The molecule has 0 heterocycles. The molecule has 0 unspecified atom stereocenters. The quantitative estimate of drug-likeness (QED) is 0.782. The number of rotatable bonds is 4. The summed E-state index contributed by atoms with van der Waals surface area (Å²) in [6.07, 6.45) is 6.36. The topological polar surface area (TPSA) is 43.4 Å². The monoisotopic (exact) mass is 316 g/mol. The third kappa shape index (κ3) is 3.89. The average molecular weight is 317 g/mol. The van der Waals surface area contributed by atoms with Crippen molar-refractivity contribution in [3.05, 3.63) is 23.3 Å². The maximum Gasteiger partial charge on any atom is 0.261 e. The molecule has 1 aromatic carbocycles. The van der Waals surface area contributed by atoms with E-state index in [2.05, 4.69) is 0 Å². The van der Waals surface area contributed by atoms with Crippen LogP contribution in [0.15, 0.2) is 17.0 Å². The molecule has 3 nitrogen and oxygen atoms in total. The molecular weight excluding hydrogens is 296 g/mol. The van der Waals surface area contributed by atoms with Crippen LogP contribution < -0.4 is 4.74 Å². The molecular formula is C15H21ClO3S. The van der Waals surface area contributed by atoms with E-state index in [4.69, 9.17) is 15.4 Å². The van der Waals surface area contributed by atoms with Gasteiger partial charge in [-0.3, -0.25) is 0 Å². The van der Waals surface area contributed by atoms with E-state index in [0.717, 1.165) is 5.75 Å². The second kappa shape index (κ2) is 6.35. The minimum atomic E-state index is -3.70. The van der Waals surface area contributed by atoms with Gasteiger partial charge >= 0.3 is 0 Å². The van der Waals surface area contributed by atoms with E-state index in [1.807, 2.05) is 0 Å². The van der Waals surface area contributed by atoms with E-state index in [1.54, 1.807) is 26.0 Å². The van der Waals surface area contributed by atoms with Gasteiger partial charge in [0.25, 0.3) is 9.05 Å². The lowest BCUT2D eigenvalue weighted by molar-refractivity contribution is 0.208. The van der Waals surface area contributed by atoms with Crippen molar-refractivity contribution in [2.24, 2.45) is 5.92 Å². The largest absolute Gasteiger partial charge is 0.493 e. The number of hydrogen-bond acceptors (Lipinski definition) is 3. The number of benzene rings is 1. The molecule has 5 heteroatoms. The summed E-state index contributed by atoms with van der Waals surface area (Å²) >= 11 is 0. The highest BCUT2D eigenvalue weighted by Gasteiger charge is 2.19. The van der Waals surface area contributed by atoms with Crippen LogP contribution in [0, 0.1) is 19.8 Å². The molecule has 2 rings (SSSR count). The molecule has 1 fully saturated rings. The fraction of sp³-hybridized carbons (Fsp3) is 0.600. The van der Waals surface area contributed by atoms with Crippen LogP contribution in [0.25, 0.3) is 0 Å². The Morgan fingerprint density at radius 3 is 2.20 bits per heavy atom. The van der Waals surface area contributed by atoms with Crippen LogP contribution in [0.2, 0.25) is 0 Å². The molecule has 0 aliphatic heterocycles. The first-order chi connectivity index (χ1) is 9.38. The van der Waals surface area contributed by atoms with Crippen molar-refractivity contribution >= 4 is 19.7 Å². The molecule has 20 heavy (non-hydrogen) atoms. The highest BCUT2D eigenvalue weighted by Crippen LogP contribution is 2.29. The lowest BCUT2D eigenvalue weighted by Crippen LogP contribution is -2.15. The standard InChI is InChI=1S/C15H21ClO3S/c1-11-8-14(9-12(2)15(11)20(16,17)18)19-10-13-6-4-3-5-7-13/h8-9,13H,3-7,10H2,1-2H3. The van der Waals surface area contributed by atoms with Crippen molar-refractivity contribution < 1.29 is 13.2 Å². The number of hydrogen-bond donors (Lipinski definition) is 0. The van der Waals surface area contributed by atoms with E-state index in [0.29, 0.717) is 23.7 Å². The lowest BCUT2D eigenvalue weighted by atomic mass is 9.90. The summed E-state index contributed by atoms with van der Waals surface area (Å²) in [6, 6.07) is 3.51. The Kier molecular flexibility index (Phi) is 4.97. The van der Waals surface area contributed by atoms with Crippen LogP contribution in [0.5, 0.6) is 5.75 Å². The summed E-state index contributed by atoms with van der Waals surface area (Å²) in [6.45, 7) is 4.21. The van der Waals surface area contributed by atoms with Gasteiger partial charge in [0.2, 0.25) is 0 Å². The first-order valence-electron chi connectivity index (χ1n) is 7.06. The van der Waals surface area contributed by atoms with E-state index < -0.39 is 9.05 Å². The number of ether oxygens (including phenoxy) is 1. The van der Waals surface area contributed by atoms with E-state index in [9.17, 15) is 8.42 Å². The highest BCUT2D eigenvalue weighted by atomic mass is 35.7. The Hall–Kier alpha value is -0.740. The van der Waals surface area contributed by atoms with Gasteiger partial charge in [-0.15, -0.1) is 0 Å². The maximum atomic E-state index is 11.5. The van der Waals surface area contributed by atoms with Gasteiger partial charge in [-0.1, -0.05) is 19.3 Å². The molecule has 1 aliphatic carbocycles. The Morgan fingerprint density at radius 1 is 1.15 bits per heavy atom. The van der Waals surface area contributed by atoms with Crippen LogP contribution in [0.4, 0.5) is 0 Å². The Morgan fingerprint density at radius 2 is 1.70 bits per heavy atom. The summed E-state index contributed by atoms with van der Waals surface area (Å²) in [5.74, 6) is 1.36. The Balaban J connectivity index is 2.10. The molecule has 1 aromatic rings. The lowest BCUT2D eigenvalue weighted by Gasteiger charge is -2.22. The zero-order chi connectivity index (χ0) is 14.8. The van der Waals surface area contributed by atoms with E-state index in [1.165, 1.54) is 32.1 Å². The Labute approximate surface area is 125 Å². The second-order valence-corrected chi connectivity index (χ2v) is 8.14. The third-order valence-electron chi connectivity index (χ3n) is 3.89. The SMILES string of the molecule is Cc1cc(OCC2CCCCC2)cc(C)c1S(=O)(=O)Cl.